The van der Waals surface area contributed by atoms with E-state index in [1.165, 1.54) is 5.56 Å². The molecule has 0 aromatic heterocycles. The summed E-state index contributed by atoms with van der Waals surface area (Å²) in [5, 5.41) is 1.95. The molecule has 0 unspecified atom stereocenters. The molecule has 1 N–H and O–H groups in total. The lowest BCUT2D eigenvalue weighted by molar-refractivity contribution is -0.115. The van der Waals surface area contributed by atoms with Crippen molar-refractivity contribution in [2.45, 2.75) is 12.8 Å². The molecule has 1 saturated heterocycles. The number of rotatable bonds is 3. The van der Waals surface area contributed by atoms with Gasteiger partial charge in [0.05, 0.1) is 4.91 Å². The van der Waals surface area contributed by atoms with Crippen molar-refractivity contribution in [3.8, 4) is 0 Å². The lowest BCUT2D eigenvalue weighted by atomic mass is 10.1. The largest absolute Gasteiger partial charge is 0.290 e. The zero-order valence-corrected chi connectivity index (χ0v) is 9.42. The Bertz CT molecular complexity index is 440. The monoisotopic (exact) mass is 233 g/mol. The van der Waals surface area contributed by atoms with Crippen molar-refractivity contribution >= 4 is 22.9 Å². The van der Waals surface area contributed by atoms with E-state index in [-0.39, 0.29) is 11.1 Å². The Morgan fingerprint density at radius 3 is 2.56 bits per heavy atom. The molecule has 2 amide bonds. The minimum absolute atomic E-state index is 0.275. The molecule has 2 rings (SSSR count). The van der Waals surface area contributed by atoms with Crippen LogP contribution in [0.15, 0.2) is 41.3 Å². The number of aryl methyl sites for hydroxylation is 1. The lowest BCUT2D eigenvalue weighted by Crippen LogP contribution is -2.17. The molecule has 0 spiro atoms. The maximum atomic E-state index is 11.2. The third-order valence-electron chi connectivity index (χ3n) is 2.25. The van der Waals surface area contributed by atoms with Gasteiger partial charge in [-0.3, -0.25) is 14.9 Å². The maximum Gasteiger partial charge on any atom is 0.290 e. The maximum absolute atomic E-state index is 11.2. The highest BCUT2D eigenvalue weighted by Gasteiger charge is 2.24. The van der Waals surface area contributed by atoms with Crippen LogP contribution in [0.1, 0.15) is 12.0 Å². The van der Waals surface area contributed by atoms with Crippen LogP contribution in [0.4, 0.5) is 4.79 Å². The molecular weight excluding hydrogens is 222 g/mol. The molecule has 0 atom stereocenters. The molecule has 0 aliphatic carbocycles. The van der Waals surface area contributed by atoms with Gasteiger partial charge in [-0.2, -0.15) is 0 Å². The Labute approximate surface area is 97.9 Å². The third kappa shape index (κ3) is 2.73. The number of carbonyl (C=O) groups excluding carboxylic acids is 2. The van der Waals surface area contributed by atoms with E-state index in [1.54, 1.807) is 0 Å². The number of nitrogens with one attached hydrogen (secondary N) is 1. The fourth-order valence-electron chi connectivity index (χ4n) is 1.48. The van der Waals surface area contributed by atoms with Crippen molar-refractivity contribution < 1.29 is 9.59 Å². The zero-order valence-electron chi connectivity index (χ0n) is 8.60. The third-order valence-corrected chi connectivity index (χ3v) is 3.11. The SMILES string of the molecule is O=C1NC(=O)C(=CCCc2ccccc2)S1. The van der Waals surface area contributed by atoms with Gasteiger partial charge in [0, 0.05) is 0 Å². The van der Waals surface area contributed by atoms with E-state index in [4.69, 9.17) is 0 Å². The highest BCUT2D eigenvalue weighted by molar-refractivity contribution is 8.18. The molecule has 0 radical (unpaired) electrons. The first-order chi connectivity index (χ1) is 7.75. The van der Waals surface area contributed by atoms with E-state index in [2.05, 4.69) is 5.32 Å². The quantitative estimate of drug-likeness (QED) is 0.816. The van der Waals surface area contributed by atoms with Gasteiger partial charge in [0.2, 0.25) is 0 Å². The van der Waals surface area contributed by atoms with Gasteiger partial charge in [-0.15, -0.1) is 0 Å². The second-order valence-electron chi connectivity index (χ2n) is 3.44. The van der Waals surface area contributed by atoms with Crippen molar-refractivity contribution in [1.82, 2.24) is 5.32 Å². The fraction of sp³-hybridized carbons (Fsp3) is 0.167. The molecule has 82 valence electrons. The van der Waals surface area contributed by atoms with E-state index < -0.39 is 0 Å². The first kappa shape index (κ1) is 11.0. The minimum Gasteiger partial charge on any atom is -0.282 e. The second-order valence-corrected chi connectivity index (χ2v) is 4.45. The Morgan fingerprint density at radius 1 is 1.19 bits per heavy atom. The molecule has 1 aliphatic rings. The summed E-state index contributed by atoms with van der Waals surface area (Å²) >= 11 is 0.970. The average molecular weight is 233 g/mol. The molecule has 1 aromatic rings. The van der Waals surface area contributed by atoms with Gasteiger partial charge in [0.1, 0.15) is 0 Å². The number of carbonyl (C=O) groups is 2. The smallest absolute Gasteiger partial charge is 0.282 e. The van der Waals surface area contributed by atoms with Crippen LogP contribution in [0.3, 0.4) is 0 Å². The predicted octanol–water partition coefficient (Wildman–Crippen LogP) is 2.49. The molecule has 0 saturated carbocycles. The molecule has 1 fully saturated rings. The Balaban J connectivity index is 1.90. The Kier molecular flexibility index (Phi) is 3.41. The summed E-state index contributed by atoms with van der Waals surface area (Å²) in [5.74, 6) is -0.275. The molecular formula is C12H11NO2S. The zero-order chi connectivity index (χ0) is 11.4. The van der Waals surface area contributed by atoms with Crippen LogP contribution < -0.4 is 5.32 Å². The number of imide groups is 1. The fourth-order valence-corrected chi connectivity index (χ4v) is 2.16. The number of benzene rings is 1. The lowest BCUT2D eigenvalue weighted by Gasteiger charge is -1.97. The van der Waals surface area contributed by atoms with Crippen molar-refractivity contribution in [2.75, 3.05) is 0 Å². The Morgan fingerprint density at radius 2 is 1.94 bits per heavy atom. The van der Waals surface area contributed by atoms with Gasteiger partial charge in [-0.05, 0) is 30.2 Å². The average Bonchev–Trinajstić information content (AvgIpc) is 2.59. The molecule has 0 bridgehead atoms. The summed E-state index contributed by atoms with van der Waals surface area (Å²) in [7, 11) is 0. The van der Waals surface area contributed by atoms with Gasteiger partial charge in [0.15, 0.2) is 0 Å². The van der Waals surface area contributed by atoms with Crippen molar-refractivity contribution in [1.29, 1.82) is 0 Å². The van der Waals surface area contributed by atoms with E-state index in [0.29, 0.717) is 4.91 Å². The molecule has 1 heterocycles. The first-order valence-electron chi connectivity index (χ1n) is 5.03. The van der Waals surface area contributed by atoms with Crippen LogP contribution in [-0.2, 0) is 11.2 Å². The van der Waals surface area contributed by atoms with Crippen molar-refractivity contribution in [3.63, 3.8) is 0 Å². The number of hydrogen-bond donors (Lipinski definition) is 1. The van der Waals surface area contributed by atoms with E-state index in [1.807, 2.05) is 36.4 Å². The van der Waals surface area contributed by atoms with E-state index >= 15 is 0 Å². The van der Waals surface area contributed by atoms with Crippen molar-refractivity contribution in [2.24, 2.45) is 0 Å². The van der Waals surface area contributed by atoms with Crippen LogP contribution in [0.5, 0.6) is 0 Å². The molecule has 4 heteroatoms. The second kappa shape index (κ2) is 4.99. The van der Waals surface area contributed by atoms with Gasteiger partial charge < -0.3 is 0 Å². The van der Waals surface area contributed by atoms with Crippen molar-refractivity contribution in [3.05, 3.63) is 46.9 Å². The highest BCUT2D eigenvalue weighted by Crippen LogP contribution is 2.23. The van der Waals surface area contributed by atoms with Gasteiger partial charge >= 0.3 is 0 Å². The summed E-state index contributed by atoms with van der Waals surface area (Å²) in [5.41, 5.74) is 1.23. The van der Waals surface area contributed by atoms with Crippen LogP contribution in [0.2, 0.25) is 0 Å². The van der Waals surface area contributed by atoms with Gasteiger partial charge in [0.25, 0.3) is 11.1 Å². The summed E-state index contributed by atoms with van der Waals surface area (Å²) in [6.07, 6.45) is 3.47. The Hall–Kier alpha value is -1.55. The predicted molar refractivity (Wildman–Crippen MR) is 64.0 cm³/mol. The molecule has 3 nitrogen and oxygen atoms in total. The van der Waals surface area contributed by atoms with Crippen LogP contribution >= 0.6 is 11.8 Å². The van der Waals surface area contributed by atoms with Crippen LogP contribution in [0, 0.1) is 0 Å². The normalized spacial score (nSPS) is 17.9. The summed E-state index contributed by atoms with van der Waals surface area (Å²) in [4.78, 5) is 22.6. The minimum atomic E-state index is -0.282. The van der Waals surface area contributed by atoms with Gasteiger partial charge in [-0.25, -0.2) is 0 Å². The van der Waals surface area contributed by atoms with Crippen LogP contribution in [0.25, 0.3) is 0 Å². The van der Waals surface area contributed by atoms with Crippen LogP contribution in [-0.4, -0.2) is 11.1 Å². The first-order valence-corrected chi connectivity index (χ1v) is 5.84. The molecule has 1 aliphatic heterocycles. The number of thioether (sulfide) groups is 1. The summed E-state index contributed by atoms with van der Waals surface area (Å²) in [6, 6.07) is 10.0. The topological polar surface area (TPSA) is 46.2 Å². The molecule has 1 aromatic carbocycles. The van der Waals surface area contributed by atoms with E-state index in [0.717, 1.165) is 24.6 Å². The number of hydrogen-bond acceptors (Lipinski definition) is 3. The van der Waals surface area contributed by atoms with E-state index in [9.17, 15) is 9.59 Å². The number of amides is 2. The number of allylic oxidation sites excluding steroid dienone is 1. The standard InChI is InChI=1S/C12H11NO2S/c14-11-10(16-12(15)13-11)8-4-7-9-5-2-1-3-6-9/h1-3,5-6,8H,4,7H2,(H,13,14,15). The summed E-state index contributed by atoms with van der Waals surface area (Å²) in [6.45, 7) is 0. The highest BCUT2D eigenvalue weighted by atomic mass is 32.2. The molecule has 16 heavy (non-hydrogen) atoms. The summed E-state index contributed by atoms with van der Waals surface area (Å²) < 4.78 is 0. The van der Waals surface area contributed by atoms with Gasteiger partial charge in [-0.1, -0.05) is 36.4 Å².